The third-order valence-corrected chi connectivity index (χ3v) is 6.58. The summed E-state index contributed by atoms with van der Waals surface area (Å²) in [6, 6.07) is 16.4. The van der Waals surface area contributed by atoms with Crippen molar-refractivity contribution in [3.63, 3.8) is 0 Å². The maximum Gasteiger partial charge on any atom is 0.267 e. The summed E-state index contributed by atoms with van der Waals surface area (Å²) in [4.78, 5) is 15.9. The van der Waals surface area contributed by atoms with Gasteiger partial charge in [0.15, 0.2) is 11.6 Å². The van der Waals surface area contributed by atoms with Crippen LogP contribution in [0.25, 0.3) is 10.9 Å². The Bertz CT molecular complexity index is 1570. The second-order valence-electron chi connectivity index (χ2n) is 8.86. The van der Waals surface area contributed by atoms with Crippen molar-refractivity contribution in [2.24, 2.45) is 0 Å². The van der Waals surface area contributed by atoms with Gasteiger partial charge in [-0.3, -0.25) is 4.79 Å². The molecule has 1 aliphatic rings. The van der Waals surface area contributed by atoms with Crippen LogP contribution in [0.2, 0.25) is 10.0 Å². The standard InChI is InChI=1S/C28H23Cl2FN4O4.ClH/c29-19-7-16(12-32)8-21(11-19)39-27-23(30)3-1-17(26(27)31)13-34-28(36)25-10-18-9-20(2-4-24(18)35-25)38-15-22-14-33-5-6-37-22;/h1-4,7-11,22,33,35H,5-6,13-15H2,(H,34,36);1H/t22-;/m1./s1. The van der Waals surface area contributed by atoms with Crippen LogP contribution < -0.4 is 20.1 Å². The lowest BCUT2D eigenvalue weighted by Gasteiger charge is -2.23. The number of carbonyl (C=O) groups excluding carboxylic acids is 1. The number of halogens is 4. The number of aromatic nitrogens is 1. The third-order valence-electron chi connectivity index (χ3n) is 6.07. The molecule has 208 valence electrons. The molecule has 3 N–H and O–H groups in total. The topological polar surface area (TPSA) is 108 Å². The summed E-state index contributed by atoms with van der Waals surface area (Å²) in [5, 5.41) is 16.2. The van der Waals surface area contributed by atoms with Crippen molar-refractivity contribution < 1.29 is 23.4 Å². The van der Waals surface area contributed by atoms with Crippen LogP contribution in [0, 0.1) is 17.1 Å². The Kier molecular flexibility index (Phi) is 9.74. The SMILES string of the molecule is Cl.N#Cc1cc(Cl)cc(Oc2c(Cl)ccc(CNC(=O)c3cc4cc(OC[C@H]5CNCCO5)ccc4[nH]3)c2F)c1. The Morgan fingerprint density at radius 2 is 2.00 bits per heavy atom. The number of hydrogen-bond acceptors (Lipinski definition) is 6. The fourth-order valence-electron chi connectivity index (χ4n) is 4.12. The molecule has 1 atom stereocenters. The fraction of sp³-hybridized carbons (Fsp3) is 0.214. The van der Waals surface area contributed by atoms with E-state index in [1.54, 1.807) is 6.07 Å². The maximum absolute atomic E-state index is 15.3. The number of hydrogen-bond donors (Lipinski definition) is 3. The van der Waals surface area contributed by atoms with E-state index in [4.69, 9.17) is 42.7 Å². The van der Waals surface area contributed by atoms with Crippen molar-refractivity contribution in [2.75, 3.05) is 26.3 Å². The number of carbonyl (C=O) groups is 1. The first-order valence-corrected chi connectivity index (χ1v) is 12.9. The number of nitriles is 1. The zero-order valence-corrected chi connectivity index (χ0v) is 23.3. The second kappa shape index (κ2) is 13.2. The van der Waals surface area contributed by atoms with Gasteiger partial charge in [-0.15, -0.1) is 12.4 Å². The molecule has 3 aromatic carbocycles. The summed E-state index contributed by atoms with van der Waals surface area (Å²) in [7, 11) is 0. The lowest BCUT2D eigenvalue weighted by molar-refractivity contribution is 0.000223. The molecular formula is C28H24Cl3FN4O4. The molecule has 0 unspecified atom stereocenters. The molecule has 1 aromatic heterocycles. The van der Waals surface area contributed by atoms with Crippen LogP contribution in [0.4, 0.5) is 4.39 Å². The van der Waals surface area contributed by atoms with Gasteiger partial charge >= 0.3 is 0 Å². The summed E-state index contributed by atoms with van der Waals surface area (Å²) < 4.78 is 32.4. The molecule has 0 radical (unpaired) electrons. The largest absolute Gasteiger partial charge is 0.491 e. The monoisotopic (exact) mass is 604 g/mol. The van der Waals surface area contributed by atoms with Crippen molar-refractivity contribution in [3.8, 4) is 23.3 Å². The number of fused-ring (bicyclic) bond motifs is 1. The van der Waals surface area contributed by atoms with Crippen molar-refractivity contribution in [2.45, 2.75) is 12.6 Å². The Balaban J connectivity index is 0.00000370. The zero-order valence-electron chi connectivity index (χ0n) is 20.9. The van der Waals surface area contributed by atoms with Gasteiger partial charge in [0.05, 0.1) is 23.3 Å². The van der Waals surface area contributed by atoms with Crippen LogP contribution in [0.5, 0.6) is 17.2 Å². The molecule has 40 heavy (non-hydrogen) atoms. The number of nitrogens with one attached hydrogen (secondary N) is 3. The zero-order chi connectivity index (χ0) is 27.4. The molecule has 1 saturated heterocycles. The Morgan fingerprint density at radius 3 is 2.77 bits per heavy atom. The second-order valence-corrected chi connectivity index (χ2v) is 9.71. The van der Waals surface area contributed by atoms with Crippen molar-refractivity contribution in [1.29, 1.82) is 5.26 Å². The number of ether oxygens (including phenoxy) is 3. The molecule has 12 heteroatoms. The van der Waals surface area contributed by atoms with E-state index in [0.29, 0.717) is 24.7 Å². The van der Waals surface area contributed by atoms with Gasteiger partial charge in [0.1, 0.15) is 29.9 Å². The van der Waals surface area contributed by atoms with E-state index in [1.165, 1.54) is 30.3 Å². The maximum atomic E-state index is 15.3. The van der Waals surface area contributed by atoms with Crippen LogP contribution >= 0.6 is 35.6 Å². The minimum atomic E-state index is -0.739. The normalized spacial score (nSPS) is 14.7. The van der Waals surface area contributed by atoms with Crippen LogP contribution in [-0.2, 0) is 11.3 Å². The predicted octanol–water partition coefficient (Wildman–Crippen LogP) is 6.00. The van der Waals surface area contributed by atoms with Gasteiger partial charge < -0.3 is 29.8 Å². The van der Waals surface area contributed by atoms with E-state index < -0.39 is 11.7 Å². The molecule has 0 saturated carbocycles. The minimum absolute atomic E-state index is 0. The van der Waals surface area contributed by atoms with Gasteiger partial charge in [-0.2, -0.15) is 5.26 Å². The van der Waals surface area contributed by atoms with Crippen molar-refractivity contribution >= 4 is 52.4 Å². The number of H-pyrrole nitrogens is 1. The molecule has 0 aliphatic carbocycles. The fourth-order valence-corrected chi connectivity index (χ4v) is 4.53. The van der Waals surface area contributed by atoms with Gasteiger partial charge in [-0.1, -0.05) is 29.3 Å². The highest BCUT2D eigenvalue weighted by Crippen LogP contribution is 2.35. The number of benzene rings is 3. The minimum Gasteiger partial charge on any atom is -0.491 e. The molecule has 0 spiro atoms. The first kappa shape index (κ1) is 29.5. The van der Waals surface area contributed by atoms with Gasteiger partial charge in [-0.25, -0.2) is 4.39 Å². The first-order valence-electron chi connectivity index (χ1n) is 12.1. The molecule has 1 amide bonds. The average molecular weight is 606 g/mol. The summed E-state index contributed by atoms with van der Waals surface area (Å²) in [6.07, 6.45) is -0.0123. The summed E-state index contributed by atoms with van der Waals surface area (Å²) >= 11 is 12.2. The summed E-state index contributed by atoms with van der Waals surface area (Å²) in [6.45, 7) is 2.54. The van der Waals surface area contributed by atoms with Gasteiger partial charge in [0, 0.05) is 41.1 Å². The van der Waals surface area contributed by atoms with E-state index in [0.717, 1.165) is 24.0 Å². The lowest BCUT2D eigenvalue weighted by atomic mass is 10.2. The van der Waals surface area contributed by atoms with E-state index in [1.807, 2.05) is 24.3 Å². The quantitative estimate of drug-likeness (QED) is 0.228. The van der Waals surface area contributed by atoms with E-state index in [9.17, 15) is 4.79 Å². The summed E-state index contributed by atoms with van der Waals surface area (Å²) in [5.41, 5.74) is 1.49. The highest BCUT2D eigenvalue weighted by molar-refractivity contribution is 6.32. The van der Waals surface area contributed by atoms with E-state index in [-0.39, 0.29) is 57.7 Å². The lowest BCUT2D eigenvalue weighted by Crippen LogP contribution is -2.41. The van der Waals surface area contributed by atoms with Crippen LogP contribution in [-0.4, -0.2) is 43.3 Å². The Morgan fingerprint density at radius 1 is 1.15 bits per heavy atom. The highest BCUT2D eigenvalue weighted by Gasteiger charge is 2.18. The number of amides is 1. The average Bonchev–Trinajstić information content (AvgIpc) is 3.37. The number of morpholine rings is 1. The number of aromatic amines is 1. The first-order chi connectivity index (χ1) is 18.9. The van der Waals surface area contributed by atoms with Crippen molar-refractivity contribution in [3.05, 3.63) is 87.3 Å². The Hall–Kier alpha value is -3.52. The van der Waals surface area contributed by atoms with E-state index in [2.05, 4.69) is 15.6 Å². The van der Waals surface area contributed by atoms with Crippen LogP contribution in [0.15, 0.2) is 54.6 Å². The van der Waals surface area contributed by atoms with Crippen molar-refractivity contribution in [1.82, 2.24) is 15.6 Å². The van der Waals surface area contributed by atoms with Crippen LogP contribution in [0.1, 0.15) is 21.6 Å². The number of rotatable bonds is 8. The highest BCUT2D eigenvalue weighted by atomic mass is 35.5. The molecule has 5 rings (SSSR count). The number of nitrogens with zero attached hydrogens (tertiary/aromatic N) is 1. The predicted molar refractivity (Wildman–Crippen MR) is 152 cm³/mol. The smallest absolute Gasteiger partial charge is 0.267 e. The molecule has 2 heterocycles. The molecule has 0 bridgehead atoms. The molecule has 4 aromatic rings. The third kappa shape index (κ3) is 6.97. The molecular weight excluding hydrogens is 582 g/mol. The molecule has 1 fully saturated rings. The Labute approximate surface area is 245 Å². The molecule has 1 aliphatic heterocycles. The molecule has 8 nitrogen and oxygen atoms in total. The van der Waals surface area contributed by atoms with Gasteiger partial charge in [0.2, 0.25) is 0 Å². The van der Waals surface area contributed by atoms with Crippen LogP contribution in [0.3, 0.4) is 0 Å². The van der Waals surface area contributed by atoms with Gasteiger partial charge in [-0.05, 0) is 48.5 Å². The van der Waals surface area contributed by atoms with Gasteiger partial charge in [0.25, 0.3) is 5.91 Å². The summed E-state index contributed by atoms with van der Waals surface area (Å²) in [5.74, 6) is -0.565. The van der Waals surface area contributed by atoms with E-state index >= 15 is 4.39 Å².